The number of carbonyl (C=O) groups is 2. The lowest BCUT2D eigenvalue weighted by atomic mass is 10.00. The van der Waals surface area contributed by atoms with Crippen LogP contribution in [0.3, 0.4) is 0 Å². The molecule has 0 saturated heterocycles. The Morgan fingerprint density at radius 1 is 0.971 bits per heavy atom. The monoisotopic (exact) mass is 510 g/mol. The number of aryl methyl sites for hydroxylation is 1. The zero-order chi connectivity index (χ0) is 25.3. The van der Waals surface area contributed by atoms with Crippen molar-refractivity contribution >= 4 is 44.6 Å². The number of carbonyl (C=O) groups excluding carboxylic acids is 2. The van der Waals surface area contributed by atoms with E-state index in [0.29, 0.717) is 29.4 Å². The zero-order valence-electron chi connectivity index (χ0n) is 19.9. The molecule has 8 heteroatoms. The molecule has 0 N–H and O–H groups in total. The van der Waals surface area contributed by atoms with Crippen LogP contribution in [0.25, 0.3) is 11.1 Å². The molecule has 3 aromatic carbocycles. The summed E-state index contributed by atoms with van der Waals surface area (Å²) in [6.07, 6.45) is 1.97. The molecule has 1 aliphatic rings. The molecule has 1 aliphatic heterocycles. The van der Waals surface area contributed by atoms with Crippen molar-refractivity contribution in [1.29, 1.82) is 0 Å². The van der Waals surface area contributed by atoms with Gasteiger partial charge in [-0.3, -0.25) is 9.59 Å². The molecule has 3 aromatic rings. The largest absolute Gasteiger partial charge is 0.308 e. The predicted molar refractivity (Wildman–Crippen MR) is 140 cm³/mol. The van der Waals surface area contributed by atoms with Gasteiger partial charge < -0.3 is 9.80 Å². The maximum absolute atomic E-state index is 13.4. The van der Waals surface area contributed by atoms with Crippen molar-refractivity contribution in [2.75, 3.05) is 22.6 Å². The summed E-state index contributed by atoms with van der Waals surface area (Å²) in [5.74, 6) is -0.141. The first-order valence-corrected chi connectivity index (χ1v) is 13.6. The molecule has 4 rings (SSSR count). The van der Waals surface area contributed by atoms with Gasteiger partial charge in [0.25, 0.3) is 0 Å². The number of anilines is 2. The maximum atomic E-state index is 13.4. The molecule has 0 aromatic heterocycles. The highest BCUT2D eigenvalue weighted by atomic mass is 35.5. The lowest BCUT2D eigenvalue weighted by Gasteiger charge is -2.41. The van der Waals surface area contributed by atoms with E-state index in [9.17, 15) is 18.0 Å². The lowest BCUT2D eigenvalue weighted by molar-refractivity contribution is -0.120. The van der Waals surface area contributed by atoms with Gasteiger partial charge in [0.1, 0.15) is 0 Å². The second-order valence-electron chi connectivity index (χ2n) is 8.83. The van der Waals surface area contributed by atoms with Gasteiger partial charge in [-0.15, -0.1) is 0 Å². The number of rotatable bonds is 5. The minimum absolute atomic E-state index is 0.0502. The van der Waals surface area contributed by atoms with E-state index in [1.807, 2.05) is 49.4 Å². The van der Waals surface area contributed by atoms with Crippen molar-refractivity contribution in [3.63, 3.8) is 0 Å². The fourth-order valence-electron chi connectivity index (χ4n) is 4.49. The fourth-order valence-corrected chi connectivity index (χ4v) is 5.35. The average Bonchev–Trinajstić information content (AvgIpc) is 2.82. The van der Waals surface area contributed by atoms with Crippen molar-refractivity contribution in [1.82, 2.24) is 0 Å². The molecule has 0 unspecified atom stereocenters. The van der Waals surface area contributed by atoms with Gasteiger partial charge in [0, 0.05) is 31.2 Å². The summed E-state index contributed by atoms with van der Waals surface area (Å²) >= 11 is 6.27. The topological polar surface area (TPSA) is 74.8 Å². The second-order valence-corrected chi connectivity index (χ2v) is 11.3. The molecule has 0 radical (unpaired) electrons. The van der Waals surface area contributed by atoms with Gasteiger partial charge in [0.05, 0.1) is 22.3 Å². The third-order valence-corrected chi connectivity index (χ3v) is 7.73. The highest BCUT2D eigenvalue weighted by Gasteiger charge is 2.33. The molecule has 6 nitrogen and oxygen atoms in total. The third-order valence-electron chi connectivity index (χ3n) is 6.24. The van der Waals surface area contributed by atoms with E-state index in [1.165, 1.54) is 13.2 Å². The molecule has 1 atom stereocenters. The van der Waals surface area contributed by atoms with Crippen molar-refractivity contribution in [2.24, 2.45) is 0 Å². The van der Waals surface area contributed by atoms with Crippen LogP contribution in [0.2, 0.25) is 5.02 Å². The van der Waals surface area contributed by atoms with Crippen LogP contribution in [0.5, 0.6) is 0 Å². The Morgan fingerprint density at radius 2 is 1.63 bits per heavy atom. The quantitative estimate of drug-likeness (QED) is 0.477. The molecule has 0 fully saturated rings. The van der Waals surface area contributed by atoms with Crippen LogP contribution >= 0.6 is 11.6 Å². The molecule has 0 spiro atoms. The number of hydrogen-bond donors (Lipinski definition) is 0. The smallest absolute Gasteiger partial charge is 0.227 e. The van der Waals surface area contributed by atoms with Crippen LogP contribution in [-0.4, -0.2) is 39.1 Å². The van der Waals surface area contributed by atoms with Gasteiger partial charge in [-0.1, -0.05) is 48.0 Å². The number of amides is 2. The highest BCUT2D eigenvalue weighted by molar-refractivity contribution is 7.90. The summed E-state index contributed by atoms with van der Waals surface area (Å²) in [5.41, 5.74) is 3.89. The van der Waals surface area contributed by atoms with Crippen molar-refractivity contribution in [3.05, 3.63) is 77.3 Å². The Kier molecular flexibility index (Phi) is 7.01. The van der Waals surface area contributed by atoms with Crippen molar-refractivity contribution < 1.29 is 18.0 Å². The molecule has 182 valence electrons. The first-order valence-electron chi connectivity index (χ1n) is 11.3. The molecule has 35 heavy (non-hydrogen) atoms. The van der Waals surface area contributed by atoms with Gasteiger partial charge in [0.2, 0.25) is 11.8 Å². The number of sulfone groups is 1. The van der Waals surface area contributed by atoms with Crippen LogP contribution in [0, 0.1) is 0 Å². The van der Waals surface area contributed by atoms with E-state index in [2.05, 4.69) is 0 Å². The Labute approximate surface area is 211 Å². The normalized spacial score (nSPS) is 15.6. The summed E-state index contributed by atoms with van der Waals surface area (Å²) in [5, 5.41) is 0.635. The van der Waals surface area contributed by atoms with Gasteiger partial charge in [0.15, 0.2) is 9.84 Å². The number of fused-ring (bicyclic) bond motifs is 1. The summed E-state index contributed by atoms with van der Waals surface area (Å²) in [7, 11) is -3.30. The van der Waals surface area contributed by atoms with Gasteiger partial charge in [-0.05, 0) is 60.4 Å². The van der Waals surface area contributed by atoms with Crippen molar-refractivity contribution in [3.8, 4) is 11.1 Å². The molecular formula is C27H27ClN2O4S. The molecular weight excluding hydrogens is 484 g/mol. The molecule has 0 aliphatic carbocycles. The number of benzene rings is 3. The molecule has 0 bridgehead atoms. The molecule has 0 saturated carbocycles. The zero-order valence-corrected chi connectivity index (χ0v) is 21.4. The van der Waals surface area contributed by atoms with Crippen LogP contribution in [-0.2, 0) is 25.8 Å². The summed E-state index contributed by atoms with van der Waals surface area (Å²) in [6, 6.07) is 19.6. The number of hydrogen-bond acceptors (Lipinski definition) is 4. The van der Waals surface area contributed by atoms with Gasteiger partial charge in [-0.2, -0.15) is 0 Å². The minimum atomic E-state index is -3.30. The van der Waals surface area contributed by atoms with Crippen LogP contribution in [0.15, 0.2) is 71.6 Å². The Balaban J connectivity index is 1.69. The fraction of sp³-hybridized carbons (Fsp3) is 0.259. The maximum Gasteiger partial charge on any atom is 0.227 e. The Bertz CT molecular complexity index is 1390. The molecule has 1 heterocycles. The van der Waals surface area contributed by atoms with E-state index in [4.69, 9.17) is 11.6 Å². The summed E-state index contributed by atoms with van der Waals surface area (Å²) in [4.78, 5) is 29.5. The summed E-state index contributed by atoms with van der Waals surface area (Å²) < 4.78 is 23.6. The Morgan fingerprint density at radius 3 is 2.26 bits per heavy atom. The van der Waals surface area contributed by atoms with Crippen LogP contribution in [0.4, 0.5) is 11.4 Å². The molecule has 2 amide bonds. The number of halogens is 1. The van der Waals surface area contributed by atoms with Gasteiger partial charge >= 0.3 is 0 Å². The average molecular weight is 511 g/mol. The second kappa shape index (κ2) is 9.84. The first kappa shape index (κ1) is 24.9. The third kappa shape index (κ3) is 5.26. The van der Waals surface area contributed by atoms with E-state index in [-0.39, 0.29) is 29.2 Å². The minimum Gasteiger partial charge on any atom is -0.308 e. The highest BCUT2D eigenvalue weighted by Crippen LogP contribution is 2.39. The van der Waals surface area contributed by atoms with Crippen molar-refractivity contribution in [2.45, 2.75) is 37.6 Å². The first-order chi connectivity index (χ1) is 16.6. The van der Waals surface area contributed by atoms with E-state index in [1.54, 1.807) is 34.1 Å². The SMILES string of the molecule is CC(=O)N1c2ccc(-c3ccc(S(C)(=O)=O)cc3)cc2N(C(=O)CCc2ccccc2Cl)C[C@@H]1C. The Hall–Kier alpha value is -3.16. The van der Waals surface area contributed by atoms with Crippen LogP contribution in [0.1, 0.15) is 25.8 Å². The summed E-state index contributed by atoms with van der Waals surface area (Å²) in [6.45, 7) is 3.83. The van der Waals surface area contributed by atoms with Crippen LogP contribution < -0.4 is 9.80 Å². The van der Waals surface area contributed by atoms with E-state index >= 15 is 0 Å². The number of nitrogens with zero attached hydrogens (tertiary/aromatic N) is 2. The van der Waals surface area contributed by atoms with Gasteiger partial charge in [-0.25, -0.2) is 8.42 Å². The van der Waals surface area contributed by atoms with E-state index < -0.39 is 9.84 Å². The lowest BCUT2D eigenvalue weighted by Crippen LogP contribution is -2.51. The standard InChI is InChI=1S/C27H27ClN2O4S/c1-18-17-29(27(32)15-11-21-6-4-5-7-24(21)28)26-16-22(10-14-25(26)30(18)19(2)31)20-8-12-23(13-9-20)35(3,33)34/h4-10,12-14,16,18H,11,15,17H2,1-3H3/t18-/m0/s1. The van der Waals surface area contributed by atoms with E-state index in [0.717, 1.165) is 16.7 Å². The predicted octanol–water partition coefficient (Wildman–Crippen LogP) is 5.13.